The van der Waals surface area contributed by atoms with Gasteiger partial charge in [0.25, 0.3) is 0 Å². The van der Waals surface area contributed by atoms with Gasteiger partial charge in [-0.1, -0.05) is 81.2 Å². The molecule has 0 aromatic heterocycles. The van der Waals surface area contributed by atoms with Crippen LogP contribution in [0.15, 0.2) is 42.5 Å². The number of hydrogen-bond acceptors (Lipinski definition) is 2. The van der Waals surface area contributed by atoms with Crippen molar-refractivity contribution < 1.29 is 9.59 Å². The molecule has 0 aliphatic heterocycles. The monoisotopic (exact) mass is 476 g/mol. The van der Waals surface area contributed by atoms with Gasteiger partial charge in [-0.25, -0.2) is 0 Å². The van der Waals surface area contributed by atoms with Crippen LogP contribution in [0, 0.1) is 5.92 Å². The molecule has 1 atom stereocenters. The van der Waals surface area contributed by atoms with Gasteiger partial charge in [-0.2, -0.15) is 0 Å². The van der Waals surface area contributed by atoms with E-state index < -0.39 is 6.04 Å². The molecule has 0 aliphatic carbocycles. The highest BCUT2D eigenvalue weighted by molar-refractivity contribution is 6.36. The minimum Gasteiger partial charge on any atom is -0.354 e. The third-order valence-electron chi connectivity index (χ3n) is 5.52. The fraction of sp³-hybridized carbons (Fsp3) is 0.462. The minimum absolute atomic E-state index is 0.0906. The molecule has 1 N–H and O–H groups in total. The van der Waals surface area contributed by atoms with Crippen LogP contribution in [0.5, 0.6) is 0 Å². The molecular weight excluding hydrogens is 443 g/mol. The normalized spacial score (nSPS) is 12.0. The third-order valence-corrected chi connectivity index (χ3v) is 6.23. The lowest BCUT2D eigenvalue weighted by molar-refractivity contribution is -0.141. The smallest absolute Gasteiger partial charge is 0.242 e. The Labute approximate surface area is 202 Å². The number of hydrogen-bond donors (Lipinski definition) is 1. The van der Waals surface area contributed by atoms with E-state index in [0.29, 0.717) is 47.3 Å². The van der Waals surface area contributed by atoms with Gasteiger partial charge >= 0.3 is 0 Å². The summed E-state index contributed by atoms with van der Waals surface area (Å²) in [6.45, 7) is 8.87. The van der Waals surface area contributed by atoms with Gasteiger partial charge in [-0.3, -0.25) is 9.59 Å². The zero-order valence-electron chi connectivity index (χ0n) is 19.5. The molecule has 0 radical (unpaired) electrons. The first kappa shape index (κ1) is 26.2. The number of carbonyl (C=O) groups is 2. The summed E-state index contributed by atoms with van der Waals surface area (Å²) in [6, 6.07) is 13.0. The van der Waals surface area contributed by atoms with Crippen molar-refractivity contribution in [3.8, 4) is 0 Å². The average Bonchev–Trinajstić information content (AvgIpc) is 2.78. The van der Waals surface area contributed by atoms with Gasteiger partial charge in [0.2, 0.25) is 11.8 Å². The lowest BCUT2D eigenvalue weighted by atomic mass is 10.0. The van der Waals surface area contributed by atoms with E-state index in [1.807, 2.05) is 20.8 Å². The predicted octanol–water partition coefficient (Wildman–Crippen LogP) is 6.07. The maximum absolute atomic E-state index is 13.4. The second-order valence-corrected chi connectivity index (χ2v) is 9.27. The van der Waals surface area contributed by atoms with Crippen LogP contribution in [0.25, 0.3) is 0 Å². The van der Waals surface area contributed by atoms with Gasteiger partial charge in [0.15, 0.2) is 0 Å². The summed E-state index contributed by atoms with van der Waals surface area (Å²) in [5.74, 6) is 0.0850. The van der Waals surface area contributed by atoms with E-state index in [9.17, 15) is 9.59 Å². The molecule has 2 aromatic rings. The van der Waals surface area contributed by atoms with Gasteiger partial charge in [0, 0.05) is 35.1 Å². The van der Waals surface area contributed by atoms with E-state index in [2.05, 4.69) is 36.5 Å². The van der Waals surface area contributed by atoms with Crippen LogP contribution >= 0.6 is 23.2 Å². The largest absolute Gasteiger partial charge is 0.354 e. The van der Waals surface area contributed by atoms with Crippen molar-refractivity contribution in [1.82, 2.24) is 10.2 Å². The number of rotatable bonds is 11. The fourth-order valence-electron chi connectivity index (χ4n) is 3.53. The number of nitrogens with zero attached hydrogens (tertiary/aromatic N) is 1. The van der Waals surface area contributed by atoms with Crippen molar-refractivity contribution in [3.05, 3.63) is 69.2 Å². The molecule has 0 bridgehead atoms. The molecular formula is C26H34Cl2N2O2. The van der Waals surface area contributed by atoms with Crippen molar-refractivity contribution in [1.29, 1.82) is 0 Å². The Hall–Kier alpha value is -2.04. The number of aryl methyl sites for hydroxylation is 2. The molecule has 4 nitrogen and oxygen atoms in total. The molecule has 2 rings (SSSR count). The Bertz CT molecular complexity index is 877. The van der Waals surface area contributed by atoms with Crippen LogP contribution in [0.3, 0.4) is 0 Å². The van der Waals surface area contributed by atoms with Crippen LogP contribution < -0.4 is 5.32 Å². The summed E-state index contributed by atoms with van der Waals surface area (Å²) in [6.07, 6.45) is 2.40. The molecule has 174 valence electrons. The van der Waals surface area contributed by atoms with Gasteiger partial charge in [0.05, 0.1) is 0 Å². The summed E-state index contributed by atoms with van der Waals surface area (Å²) >= 11 is 12.8. The molecule has 0 fully saturated rings. The van der Waals surface area contributed by atoms with E-state index in [4.69, 9.17) is 23.2 Å². The van der Waals surface area contributed by atoms with E-state index in [0.717, 1.165) is 12.0 Å². The van der Waals surface area contributed by atoms with Crippen molar-refractivity contribution >= 4 is 35.0 Å². The highest BCUT2D eigenvalue weighted by Crippen LogP contribution is 2.27. The summed E-state index contributed by atoms with van der Waals surface area (Å²) in [4.78, 5) is 28.0. The highest BCUT2D eigenvalue weighted by atomic mass is 35.5. The first-order valence-corrected chi connectivity index (χ1v) is 12.1. The van der Waals surface area contributed by atoms with Crippen LogP contribution in [0.2, 0.25) is 10.0 Å². The second kappa shape index (κ2) is 12.9. The van der Waals surface area contributed by atoms with Gasteiger partial charge in [-0.05, 0) is 48.4 Å². The van der Waals surface area contributed by atoms with E-state index in [1.165, 1.54) is 5.56 Å². The Morgan fingerprint density at radius 3 is 2.09 bits per heavy atom. The molecule has 0 heterocycles. The zero-order chi connectivity index (χ0) is 23.7. The molecule has 2 amide bonds. The SMILES string of the molecule is CCc1ccc(CCC(=O)N(Cc2c(Cl)cccc2Cl)[C@H](CC)C(=O)NCC(C)C)cc1. The Balaban J connectivity index is 2.24. The molecule has 2 aromatic carbocycles. The standard InChI is InChI=1S/C26H34Cl2N2O2/c1-5-19-10-12-20(13-11-19)14-15-25(31)30(17-21-22(27)8-7-9-23(21)28)24(6-2)26(32)29-16-18(3)4/h7-13,18,24H,5-6,14-17H2,1-4H3,(H,29,32)/t24-/m1/s1. The minimum atomic E-state index is -0.587. The van der Waals surface area contributed by atoms with Crippen LogP contribution in [-0.2, 0) is 29.0 Å². The first-order valence-electron chi connectivity index (χ1n) is 11.3. The molecule has 32 heavy (non-hydrogen) atoms. The van der Waals surface area contributed by atoms with Gasteiger partial charge < -0.3 is 10.2 Å². The van der Waals surface area contributed by atoms with Crippen molar-refractivity contribution in [3.63, 3.8) is 0 Å². The summed E-state index contributed by atoms with van der Waals surface area (Å²) < 4.78 is 0. The lowest BCUT2D eigenvalue weighted by Gasteiger charge is -2.31. The van der Waals surface area contributed by atoms with Crippen molar-refractivity contribution in [2.24, 2.45) is 5.92 Å². The maximum Gasteiger partial charge on any atom is 0.242 e. The zero-order valence-corrected chi connectivity index (χ0v) is 21.0. The Kier molecular flexibility index (Phi) is 10.5. The van der Waals surface area contributed by atoms with Gasteiger partial charge in [0.1, 0.15) is 6.04 Å². The summed E-state index contributed by atoms with van der Waals surface area (Å²) in [7, 11) is 0. The van der Waals surface area contributed by atoms with Crippen LogP contribution in [0.1, 0.15) is 57.2 Å². The first-order chi connectivity index (χ1) is 15.3. The predicted molar refractivity (Wildman–Crippen MR) is 133 cm³/mol. The molecule has 0 saturated heterocycles. The molecule has 0 saturated carbocycles. The lowest BCUT2D eigenvalue weighted by Crippen LogP contribution is -2.49. The average molecular weight is 477 g/mol. The van der Waals surface area contributed by atoms with E-state index >= 15 is 0 Å². The number of nitrogens with one attached hydrogen (secondary N) is 1. The Morgan fingerprint density at radius 1 is 0.969 bits per heavy atom. The molecule has 0 aliphatic rings. The van der Waals surface area contributed by atoms with Crippen LogP contribution in [0.4, 0.5) is 0 Å². The number of halogens is 2. The molecule has 6 heteroatoms. The van der Waals surface area contributed by atoms with Crippen LogP contribution in [-0.4, -0.2) is 29.3 Å². The topological polar surface area (TPSA) is 49.4 Å². The van der Waals surface area contributed by atoms with Gasteiger partial charge in [-0.15, -0.1) is 0 Å². The summed E-state index contributed by atoms with van der Waals surface area (Å²) in [5, 5.41) is 3.95. The van der Waals surface area contributed by atoms with E-state index in [1.54, 1.807) is 23.1 Å². The van der Waals surface area contributed by atoms with Crippen molar-refractivity contribution in [2.45, 2.75) is 66.0 Å². The second-order valence-electron chi connectivity index (χ2n) is 8.45. The molecule has 0 unspecified atom stereocenters. The molecule has 0 spiro atoms. The third kappa shape index (κ3) is 7.53. The maximum atomic E-state index is 13.4. The quantitative estimate of drug-likeness (QED) is 0.427. The summed E-state index contributed by atoms with van der Waals surface area (Å²) in [5.41, 5.74) is 3.03. The fourth-order valence-corrected chi connectivity index (χ4v) is 4.05. The number of carbonyl (C=O) groups excluding carboxylic acids is 2. The number of amides is 2. The highest BCUT2D eigenvalue weighted by Gasteiger charge is 2.29. The Morgan fingerprint density at radius 2 is 1.56 bits per heavy atom. The van der Waals surface area contributed by atoms with Crippen molar-refractivity contribution in [2.75, 3.05) is 6.54 Å². The van der Waals surface area contributed by atoms with E-state index in [-0.39, 0.29) is 18.4 Å². The number of benzene rings is 2.